The number of benzene rings is 2. The first-order chi connectivity index (χ1) is 11.4. The maximum Gasteiger partial charge on any atom is 0.251 e. The lowest BCUT2D eigenvalue weighted by molar-refractivity contribution is 0.0941. The van der Waals surface area contributed by atoms with Gasteiger partial charge in [0.25, 0.3) is 5.91 Å². The standard InChI is InChI=1S/C19H23FN2O2/c1-13-5-6-15(11-17(13)20)19(23)21-12-18(22(2)3)14-7-9-16(24-4)10-8-14/h5-11,18H,12H2,1-4H3,(H,21,23). The van der Waals surface area contributed by atoms with Gasteiger partial charge in [-0.05, 0) is 56.4 Å². The molecule has 0 fully saturated rings. The summed E-state index contributed by atoms with van der Waals surface area (Å²) >= 11 is 0. The maximum absolute atomic E-state index is 13.6. The molecule has 1 atom stereocenters. The highest BCUT2D eigenvalue weighted by Gasteiger charge is 2.16. The highest BCUT2D eigenvalue weighted by atomic mass is 19.1. The van der Waals surface area contributed by atoms with Crippen LogP contribution in [0.2, 0.25) is 0 Å². The lowest BCUT2D eigenvalue weighted by Gasteiger charge is -2.25. The molecule has 0 bridgehead atoms. The molecule has 2 rings (SSSR count). The van der Waals surface area contributed by atoms with E-state index in [1.165, 1.54) is 6.07 Å². The normalized spacial score (nSPS) is 12.1. The van der Waals surface area contributed by atoms with Gasteiger partial charge in [-0.15, -0.1) is 0 Å². The molecule has 1 N–H and O–H groups in total. The van der Waals surface area contributed by atoms with Crippen LogP contribution in [-0.2, 0) is 0 Å². The third-order valence-electron chi connectivity index (χ3n) is 4.01. The summed E-state index contributed by atoms with van der Waals surface area (Å²) in [6, 6.07) is 12.2. The largest absolute Gasteiger partial charge is 0.497 e. The molecule has 0 aliphatic carbocycles. The molecule has 4 nitrogen and oxygen atoms in total. The lowest BCUT2D eigenvalue weighted by Crippen LogP contribution is -2.34. The molecule has 0 saturated carbocycles. The highest BCUT2D eigenvalue weighted by molar-refractivity contribution is 5.94. The Balaban J connectivity index is 2.07. The molecule has 2 aromatic carbocycles. The van der Waals surface area contributed by atoms with Crippen LogP contribution in [-0.4, -0.2) is 38.6 Å². The number of halogens is 1. The smallest absolute Gasteiger partial charge is 0.251 e. The summed E-state index contributed by atoms with van der Waals surface area (Å²) in [6.45, 7) is 2.09. The van der Waals surface area contributed by atoms with Gasteiger partial charge in [0.15, 0.2) is 0 Å². The van der Waals surface area contributed by atoms with Gasteiger partial charge in [0.05, 0.1) is 13.2 Å². The molecule has 24 heavy (non-hydrogen) atoms. The Morgan fingerprint density at radius 2 is 1.88 bits per heavy atom. The van der Waals surface area contributed by atoms with Crippen molar-refractivity contribution in [2.75, 3.05) is 27.7 Å². The third kappa shape index (κ3) is 4.32. The van der Waals surface area contributed by atoms with Crippen molar-refractivity contribution in [3.63, 3.8) is 0 Å². The minimum Gasteiger partial charge on any atom is -0.497 e. The molecule has 5 heteroatoms. The molecule has 0 spiro atoms. The van der Waals surface area contributed by atoms with Gasteiger partial charge < -0.3 is 15.0 Å². The van der Waals surface area contributed by atoms with E-state index in [9.17, 15) is 9.18 Å². The van der Waals surface area contributed by atoms with E-state index < -0.39 is 0 Å². The Hall–Kier alpha value is -2.40. The number of carbonyl (C=O) groups is 1. The predicted octanol–water partition coefficient (Wildman–Crippen LogP) is 3.18. The van der Waals surface area contributed by atoms with Crippen LogP contribution in [0.15, 0.2) is 42.5 Å². The van der Waals surface area contributed by atoms with Crippen molar-refractivity contribution in [2.24, 2.45) is 0 Å². The van der Waals surface area contributed by atoms with Gasteiger partial charge in [-0.2, -0.15) is 0 Å². The Morgan fingerprint density at radius 3 is 2.42 bits per heavy atom. The van der Waals surface area contributed by atoms with Crippen molar-refractivity contribution in [3.8, 4) is 5.75 Å². The number of amides is 1. The number of rotatable bonds is 6. The van der Waals surface area contributed by atoms with E-state index in [4.69, 9.17) is 4.74 Å². The maximum atomic E-state index is 13.6. The second-order valence-corrected chi connectivity index (χ2v) is 5.93. The van der Waals surface area contributed by atoms with Gasteiger partial charge in [0.2, 0.25) is 0 Å². The van der Waals surface area contributed by atoms with Crippen LogP contribution >= 0.6 is 0 Å². The Morgan fingerprint density at radius 1 is 1.21 bits per heavy atom. The summed E-state index contributed by atoms with van der Waals surface area (Å²) in [7, 11) is 5.53. The third-order valence-corrected chi connectivity index (χ3v) is 4.01. The first-order valence-corrected chi connectivity index (χ1v) is 7.77. The second kappa shape index (κ2) is 7.93. The Bertz CT molecular complexity index is 699. The van der Waals surface area contributed by atoms with Crippen molar-refractivity contribution in [2.45, 2.75) is 13.0 Å². The molecule has 0 saturated heterocycles. The Kier molecular flexibility index (Phi) is 5.93. The van der Waals surface area contributed by atoms with E-state index in [2.05, 4.69) is 5.32 Å². The fraction of sp³-hybridized carbons (Fsp3) is 0.316. The molecule has 1 amide bonds. The van der Waals surface area contributed by atoms with Crippen molar-refractivity contribution >= 4 is 5.91 Å². The van der Waals surface area contributed by atoms with Crippen LogP contribution < -0.4 is 10.1 Å². The molecule has 2 aromatic rings. The van der Waals surface area contributed by atoms with E-state index in [0.29, 0.717) is 17.7 Å². The molecule has 0 aliphatic rings. The summed E-state index contributed by atoms with van der Waals surface area (Å²) in [5.74, 6) is 0.131. The van der Waals surface area contributed by atoms with E-state index in [1.54, 1.807) is 26.2 Å². The number of hydrogen-bond acceptors (Lipinski definition) is 3. The number of methoxy groups -OCH3 is 1. The average Bonchev–Trinajstić information content (AvgIpc) is 2.57. The molecule has 128 valence electrons. The zero-order chi connectivity index (χ0) is 17.7. The molecule has 0 heterocycles. The van der Waals surface area contributed by atoms with Gasteiger partial charge in [0, 0.05) is 12.1 Å². The minimum atomic E-state index is -0.373. The number of nitrogens with one attached hydrogen (secondary N) is 1. The minimum absolute atomic E-state index is 0.00940. The van der Waals surface area contributed by atoms with Gasteiger partial charge in [0.1, 0.15) is 11.6 Å². The summed E-state index contributed by atoms with van der Waals surface area (Å²) in [5, 5.41) is 2.88. The number of nitrogens with zero attached hydrogens (tertiary/aromatic N) is 1. The Labute approximate surface area is 142 Å². The van der Waals surface area contributed by atoms with Crippen molar-refractivity contribution in [3.05, 3.63) is 65.0 Å². The summed E-state index contributed by atoms with van der Waals surface area (Å²) in [6.07, 6.45) is 0. The van der Waals surface area contributed by atoms with Crippen LogP contribution in [0.4, 0.5) is 4.39 Å². The van der Waals surface area contributed by atoms with Crippen LogP contribution in [0.3, 0.4) is 0 Å². The molecular formula is C19H23FN2O2. The molecule has 0 aromatic heterocycles. The fourth-order valence-corrected chi connectivity index (χ4v) is 2.45. The van der Waals surface area contributed by atoms with Crippen molar-refractivity contribution in [1.29, 1.82) is 0 Å². The van der Waals surface area contributed by atoms with Crippen molar-refractivity contribution in [1.82, 2.24) is 10.2 Å². The number of ether oxygens (including phenoxy) is 1. The molecule has 0 aliphatic heterocycles. The quantitative estimate of drug-likeness (QED) is 0.884. The summed E-state index contributed by atoms with van der Waals surface area (Å²) in [5.41, 5.74) is 1.91. The van der Waals surface area contributed by atoms with Crippen LogP contribution in [0, 0.1) is 12.7 Å². The first-order valence-electron chi connectivity index (χ1n) is 7.77. The van der Waals surface area contributed by atoms with Gasteiger partial charge in [-0.25, -0.2) is 4.39 Å². The number of hydrogen-bond donors (Lipinski definition) is 1. The average molecular weight is 330 g/mol. The van der Waals surface area contributed by atoms with E-state index in [-0.39, 0.29) is 17.8 Å². The monoisotopic (exact) mass is 330 g/mol. The second-order valence-electron chi connectivity index (χ2n) is 5.93. The zero-order valence-corrected chi connectivity index (χ0v) is 14.5. The summed E-state index contributed by atoms with van der Waals surface area (Å²) in [4.78, 5) is 14.3. The van der Waals surface area contributed by atoms with Crippen LogP contribution in [0.5, 0.6) is 5.75 Å². The molecule has 1 unspecified atom stereocenters. The van der Waals surface area contributed by atoms with Gasteiger partial charge in [-0.3, -0.25) is 4.79 Å². The number of aryl methyl sites for hydroxylation is 1. The zero-order valence-electron chi connectivity index (χ0n) is 14.5. The van der Waals surface area contributed by atoms with Gasteiger partial charge >= 0.3 is 0 Å². The number of likely N-dealkylation sites (N-methyl/N-ethyl adjacent to an activating group) is 1. The predicted molar refractivity (Wildman–Crippen MR) is 92.9 cm³/mol. The van der Waals surface area contributed by atoms with E-state index >= 15 is 0 Å². The molecular weight excluding hydrogens is 307 g/mol. The van der Waals surface area contributed by atoms with Gasteiger partial charge in [-0.1, -0.05) is 18.2 Å². The fourth-order valence-electron chi connectivity index (χ4n) is 2.45. The van der Waals surface area contributed by atoms with E-state index in [1.807, 2.05) is 43.3 Å². The van der Waals surface area contributed by atoms with Crippen LogP contribution in [0.1, 0.15) is 27.5 Å². The van der Waals surface area contributed by atoms with Crippen LogP contribution in [0.25, 0.3) is 0 Å². The van der Waals surface area contributed by atoms with Crippen molar-refractivity contribution < 1.29 is 13.9 Å². The SMILES string of the molecule is COc1ccc(C(CNC(=O)c2ccc(C)c(F)c2)N(C)C)cc1. The summed E-state index contributed by atoms with van der Waals surface area (Å²) < 4.78 is 18.8. The molecule has 0 radical (unpaired) electrons. The number of carbonyl (C=O) groups excluding carboxylic acids is 1. The topological polar surface area (TPSA) is 41.6 Å². The first kappa shape index (κ1) is 17.9. The van der Waals surface area contributed by atoms with E-state index in [0.717, 1.165) is 11.3 Å². The highest BCUT2D eigenvalue weighted by Crippen LogP contribution is 2.21. The lowest BCUT2D eigenvalue weighted by atomic mass is 10.1.